The summed E-state index contributed by atoms with van der Waals surface area (Å²) in [5.41, 5.74) is 0.190. The van der Waals surface area contributed by atoms with E-state index in [1.54, 1.807) is 13.2 Å². The van der Waals surface area contributed by atoms with Gasteiger partial charge in [0.25, 0.3) is 0 Å². The Morgan fingerprint density at radius 2 is 0.868 bits per heavy atom. The highest BCUT2D eigenvalue weighted by Crippen LogP contribution is 2.25. The van der Waals surface area contributed by atoms with Crippen molar-refractivity contribution in [3.05, 3.63) is 95.1 Å². The van der Waals surface area contributed by atoms with Gasteiger partial charge in [0.1, 0.15) is 52.7 Å². The number of esters is 5. The number of carbonyl (C=O) groups is 5. The number of nitrogens with zero attached hydrogens (tertiary/aromatic N) is 4. The van der Waals surface area contributed by atoms with Gasteiger partial charge in [0, 0.05) is 59.0 Å². The van der Waals surface area contributed by atoms with Crippen molar-refractivity contribution in [1.82, 2.24) is 19.6 Å². The van der Waals surface area contributed by atoms with Crippen LogP contribution in [0.3, 0.4) is 0 Å². The lowest BCUT2D eigenvalue weighted by Crippen LogP contribution is -2.54. The van der Waals surface area contributed by atoms with E-state index in [1.165, 1.54) is 0 Å². The second-order valence-corrected chi connectivity index (χ2v) is 26.4. The minimum Gasteiger partial charge on any atom is -0.494 e. The summed E-state index contributed by atoms with van der Waals surface area (Å²) in [7, 11) is 1.63. The predicted octanol–water partition coefficient (Wildman–Crippen LogP) is 7.66. The van der Waals surface area contributed by atoms with Crippen LogP contribution in [0.5, 0.6) is 11.5 Å². The summed E-state index contributed by atoms with van der Waals surface area (Å²) in [5, 5.41) is 0. The Kier molecular flexibility index (Phi) is 35.0. The first-order valence-corrected chi connectivity index (χ1v) is 32.0. The zero-order valence-corrected chi connectivity index (χ0v) is 56.9. The summed E-state index contributed by atoms with van der Waals surface area (Å²) < 4.78 is 74.3. The number of methoxy groups -OCH3 is 1. The van der Waals surface area contributed by atoms with Crippen LogP contribution in [0.4, 0.5) is 0 Å². The average molecular weight is 1280 g/mol. The Labute approximate surface area is 541 Å². The number of hydrogen-bond donors (Lipinski definition) is 0. The van der Waals surface area contributed by atoms with Crippen LogP contribution in [0.2, 0.25) is 0 Å². The smallest absolute Gasteiger partial charge is 0.342 e. The standard InChI is InChI=1S/C69H108N4O18/c1-66(2,3)88-61(74)49-70-27-28-71(50-62(75)89-67(4,5)6)31-32-73(52-64(77)91-69(10,11)12)57(48-72(30-29-70)51-63(76)90-68(7,8)9)46-55-21-24-58(25-22-55)85-33-17-20-54-23-26-59(65(78)87-53-56-18-15-14-16-19-56)60(47-54)86-45-44-84-43-42-83-41-40-82-39-38-81-37-36-80-35-34-79-13/h14-16,18-19,21-26,47,57H,17,20,27-46,48-53H2,1-13H3/t57-/m0/s1. The molecule has 0 spiro atoms. The van der Waals surface area contributed by atoms with Gasteiger partial charge in [-0.05, 0) is 143 Å². The van der Waals surface area contributed by atoms with Crippen molar-refractivity contribution in [1.29, 1.82) is 0 Å². The molecule has 91 heavy (non-hydrogen) atoms. The molecule has 1 heterocycles. The van der Waals surface area contributed by atoms with Gasteiger partial charge >= 0.3 is 29.8 Å². The van der Waals surface area contributed by atoms with Crippen LogP contribution < -0.4 is 9.47 Å². The largest absolute Gasteiger partial charge is 0.494 e. The molecule has 0 saturated carbocycles. The molecule has 0 amide bonds. The van der Waals surface area contributed by atoms with Crippen molar-refractivity contribution < 1.29 is 85.6 Å². The molecule has 22 heteroatoms. The summed E-state index contributed by atoms with van der Waals surface area (Å²) in [4.78, 5) is 75.9. The van der Waals surface area contributed by atoms with Gasteiger partial charge in [-0.3, -0.25) is 38.8 Å². The minimum absolute atomic E-state index is 0.00317. The molecule has 0 aromatic heterocycles. The summed E-state index contributed by atoms with van der Waals surface area (Å²) in [6, 6.07) is 22.5. The zero-order valence-electron chi connectivity index (χ0n) is 56.9. The van der Waals surface area contributed by atoms with E-state index in [4.69, 9.17) is 61.6 Å². The Bertz CT molecular complexity index is 2560. The predicted molar refractivity (Wildman–Crippen MR) is 345 cm³/mol. The Hall–Kier alpha value is -5.79. The normalized spacial score (nSPS) is 15.5. The number of rotatable bonds is 37. The molecule has 4 rings (SSSR count). The lowest BCUT2D eigenvalue weighted by molar-refractivity contribution is -0.160. The SMILES string of the molecule is COCCOCCOCCOCCOCCOCCOc1cc(CCCOc2ccc(C[C@H]3CN(CC(=O)OC(C)(C)C)CCN(CC(=O)OC(C)(C)C)CCN(CC(=O)OC(C)(C)C)CCN3CC(=O)OC(C)(C)C)cc2)ccc1C(=O)OCc1ccccc1. The highest BCUT2D eigenvalue weighted by atomic mass is 16.6. The third kappa shape index (κ3) is 36.9. The van der Waals surface area contributed by atoms with Gasteiger partial charge in [-0.2, -0.15) is 0 Å². The Morgan fingerprint density at radius 1 is 0.440 bits per heavy atom. The van der Waals surface area contributed by atoms with Gasteiger partial charge in [0.05, 0.1) is 105 Å². The quantitative estimate of drug-likeness (QED) is 0.0307. The van der Waals surface area contributed by atoms with Crippen molar-refractivity contribution in [2.24, 2.45) is 0 Å². The molecule has 0 aliphatic carbocycles. The molecule has 3 aromatic carbocycles. The molecule has 0 bridgehead atoms. The van der Waals surface area contributed by atoms with Crippen molar-refractivity contribution >= 4 is 29.8 Å². The van der Waals surface area contributed by atoms with Crippen LogP contribution in [-0.4, -0.2) is 243 Å². The van der Waals surface area contributed by atoms with Gasteiger partial charge in [-0.1, -0.05) is 48.5 Å². The zero-order chi connectivity index (χ0) is 66.7. The summed E-state index contributed by atoms with van der Waals surface area (Å²) in [5.74, 6) is -1.04. The van der Waals surface area contributed by atoms with E-state index < -0.39 is 46.3 Å². The van der Waals surface area contributed by atoms with Crippen molar-refractivity contribution in [2.75, 3.05) is 165 Å². The fourth-order valence-electron chi connectivity index (χ4n) is 9.42. The Balaban J connectivity index is 1.46. The van der Waals surface area contributed by atoms with Crippen LogP contribution in [-0.2, 0) is 90.7 Å². The molecule has 1 aliphatic heterocycles. The lowest BCUT2D eigenvalue weighted by atomic mass is 10.0. The van der Waals surface area contributed by atoms with E-state index in [-0.39, 0.29) is 58.0 Å². The van der Waals surface area contributed by atoms with Gasteiger partial charge < -0.3 is 61.6 Å². The molecule has 0 N–H and O–H groups in total. The number of benzene rings is 3. The van der Waals surface area contributed by atoms with E-state index >= 15 is 0 Å². The molecule has 512 valence electrons. The van der Waals surface area contributed by atoms with Gasteiger partial charge in [0.15, 0.2) is 0 Å². The fourth-order valence-corrected chi connectivity index (χ4v) is 9.42. The molecule has 0 radical (unpaired) electrons. The summed E-state index contributed by atoms with van der Waals surface area (Å²) >= 11 is 0. The first-order chi connectivity index (χ1) is 43.1. The van der Waals surface area contributed by atoms with Crippen LogP contribution in [0, 0.1) is 0 Å². The van der Waals surface area contributed by atoms with Crippen molar-refractivity contribution in [3.63, 3.8) is 0 Å². The van der Waals surface area contributed by atoms with Gasteiger partial charge in [-0.15, -0.1) is 0 Å². The first-order valence-electron chi connectivity index (χ1n) is 32.0. The van der Waals surface area contributed by atoms with E-state index in [0.717, 1.165) is 16.7 Å². The molecular weight excluding hydrogens is 1170 g/mol. The maximum atomic E-state index is 13.9. The summed E-state index contributed by atoms with van der Waals surface area (Å²) in [6.07, 6.45) is 1.75. The van der Waals surface area contributed by atoms with E-state index in [9.17, 15) is 24.0 Å². The fraction of sp³-hybridized carbons (Fsp3) is 0.667. The van der Waals surface area contributed by atoms with E-state index in [2.05, 4.69) is 4.90 Å². The first kappa shape index (κ1) is 77.7. The second kappa shape index (κ2) is 41.0. The third-order valence-corrected chi connectivity index (χ3v) is 13.4. The van der Waals surface area contributed by atoms with Gasteiger partial charge in [0.2, 0.25) is 0 Å². The van der Waals surface area contributed by atoms with Crippen molar-refractivity contribution in [2.45, 2.75) is 137 Å². The number of hydrogen-bond acceptors (Lipinski definition) is 22. The van der Waals surface area contributed by atoms with Crippen molar-refractivity contribution in [3.8, 4) is 11.5 Å². The topological polar surface area (TPSA) is 218 Å². The molecule has 22 nitrogen and oxygen atoms in total. The average Bonchev–Trinajstić information content (AvgIpc) is 1.20. The highest BCUT2D eigenvalue weighted by molar-refractivity contribution is 5.92. The molecular formula is C69H108N4O18. The van der Waals surface area contributed by atoms with Crippen LogP contribution in [0.1, 0.15) is 117 Å². The molecule has 1 saturated heterocycles. The van der Waals surface area contributed by atoms with Crippen LogP contribution in [0.25, 0.3) is 0 Å². The number of aryl methyl sites for hydroxylation is 1. The molecule has 3 aromatic rings. The highest BCUT2D eigenvalue weighted by Gasteiger charge is 2.31. The molecule has 1 fully saturated rings. The van der Waals surface area contributed by atoms with E-state index in [1.807, 2.05) is 165 Å². The van der Waals surface area contributed by atoms with E-state index in [0.29, 0.717) is 155 Å². The van der Waals surface area contributed by atoms with Crippen LogP contribution >= 0.6 is 0 Å². The van der Waals surface area contributed by atoms with Gasteiger partial charge in [-0.25, -0.2) is 4.79 Å². The third-order valence-electron chi connectivity index (χ3n) is 13.4. The number of carbonyl (C=O) groups excluding carboxylic acids is 5. The molecule has 1 atom stereocenters. The monoisotopic (exact) mass is 1280 g/mol. The van der Waals surface area contributed by atoms with Crippen LogP contribution in [0.15, 0.2) is 72.8 Å². The second-order valence-electron chi connectivity index (χ2n) is 26.4. The Morgan fingerprint density at radius 3 is 1.35 bits per heavy atom. The maximum absolute atomic E-state index is 13.9. The minimum atomic E-state index is -0.748. The molecule has 1 aliphatic rings. The lowest BCUT2D eigenvalue weighted by Gasteiger charge is -2.39. The molecule has 0 unspecified atom stereocenters. The maximum Gasteiger partial charge on any atom is 0.342 e. The number of ether oxygens (including phenoxy) is 13. The summed E-state index contributed by atoms with van der Waals surface area (Å²) in [6.45, 7) is 30.0.